The number of anilines is 1. The molecule has 21 heavy (non-hydrogen) atoms. The van der Waals surface area contributed by atoms with Crippen LogP contribution in [0, 0.1) is 5.92 Å². The number of hydrogen-bond donors (Lipinski definition) is 2. The maximum atomic E-state index is 6.27. The summed E-state index contributed by atoms with van der Waals surface area (Å²) in [6.07, 6.45) is 4.02. The Bertz CT molecular complexity index is 581. The van der Waals surface area contributed by atoms with Gasteiger partial charge in [-0.1, -0.05) is 38.8 Å². The van der Waals surface area contributed by atoms with Crippen molar-refractivity contribution < 1.29 is 4.74 Å². The Morgan fingerprint density at radius 3 is 2.62 bits per heavy atom. The Morgan fingerprint density at radius 1 is 1.19 bits per heavy atom. The van der Waals surface area contributed by atoms with Gasteiger partial charge >= 0.3 is 0 Å². The lowest BCUT2D eigenvalue weighted by Gasteiger charge is -2.22. The first-order valence-corrected chi connectivity index (χ1v) is 7.62. The van der Waals surface area contributed by atoms with Crippen molar-refractivity contribution in [2.75, 3.05) is 19.0 Å². The van der Waals surface area contributed by atoms with E-state index < -0.39 is 0 Å². The number of rotatable bonds is 7. The molecule has 1 unspecified atom stereocenters. The maximum Gasteiger partial charge on any atom is 0.134 e. The fourth-order valence-corrected chi connectivity index (χ4v) is 2.77. The first-order valence-electron chi connectivity index (χ1n) is 7.62. The standard InChI is InChI=1S/C17H25N3O/c1-4-12(5-2)15(18)11-20-17-14-7-6-8-16(21-3)13(14)9-10-19-17/h6-10,12,15H,4-5,11,18H2,1-3H3,(H,19,20). The van der Waals surface area contributed by atoms with Gasteiger partial charge in [0, 0.05) is 29.6 Å². The summed E-state index contributed by atoms with van der Waals surface area (Å²) in [5.74, 6) is 2.28. The molecule has 0 spiro atoms. The van der Waals surface area contributed by atoms with Crippen LogP contribution in [0.1, 0.15) is 26.7 Å². The van der Waals surface area contributed by atoms with Gasteiger partial charge < -0.3 is 15.8 Å². The van der Waals surface area contributed by atoms with Crippen LogP contribution in [-0.4, -0.2) is 24.7 Å². The summed E-state index contributed by atoms with van der Waals surface area (Å²) in [4.78, 5) is 4.44. The summed E-state index contributed by atoms with van der Waals surface area (Å²) in [7, 11) is 1.69. The van der Waals surface area contributed by atoms with E-state index in [-0.39, 0.29) is 6.04 Å². The average molecular weight is 287 g/mol. The van der Waals surface area contributed by atoms with Crippen LogP contribution in [0.5, 0.6) is 5.75 Å². The quantitative estimate of drug-likeness (QED) is 0.819. The molecule has 2 aromatic rings. The Balaban J connectivity index is 2.19. The van der Waals surface area contributed by atoms with Crippen LogP contribution >= 0.6 is 0 Å². The molecule has 1 aromatic heterocycles. The number of nitrogens with two attached hydrogens (primary N) is 1. The van der Waals surface area contributed by atoms with Crippen LogP contribution in [0.15, 0.2) is 30.5 Å². The van der Waals surface area contributed by atoms with Crippen molar-refractivity contribution in [1.29, 1.82) is 0 Å². The number of benzene rings is 1. The van der Waals surface area contributed by atoms with Gasteiger partial charge in [0.25, 0.3) is 0 Å². The number of methoxy groups -OCH3 is 1. The summed E-state index contributed by atoms with van der Waals surface area (Å²) in [6, 6.07) is 8.11. The minimum atomic E-state index is 0.141. The van der Waals surface area contributed by atoms with Gasteiger partial charge in [0.15, 0.2) is 0 Å². The third-order valence-corrected chi connectivity index (χ3v) is 4.15. The minimum Gasteiger partial charge on any atom is -0.496 e. The summed E-state index contributed by atoms with van der Waals surface area (Å²) in [5, 5.41) is 5.52. The number of aromatic nitrogens is 1. The van der Waals surface area contributed by atoms with Gasteiger partial charge in [0.2, 0.25) is 0 Å². The third-order valence-electron chi connectivity index (χ3n) is 4.15. The average Bonchev–Trinajstić information content (AvgIpc) is 2.53. The van der Waals surface area contributed by atoms with Crippen LogP contribution in [-0.2, 0) is 0 Å². The normalized spacial score (nSPS) is 12.6. The fraction of sp³-hybridized carbons (Fsp3) is 0.471. The molecule has 0 aliphatic carbocycles. The Morgan fingerprint density at radius 2 is 1.95 bits per heavy atom. The van der Waals surface area contributed by atoms with Crippen molar-refractivity contribution in [3.05, 3.63) is 30.5 Å². The van der Waals surface area contributed by atoms with E-state index in [4.69, 9.17) is 10.5 Å². The molecule has 2 rings (SSSR count). The number of hydrogen-bond acceptors (Lipinski definition) is 4. The molecule has 0 radical (unpaired) electrons. The van der Waals surface area contributed by atoms with E-state index in [1.165, 1.54) is 0 Å². The molecule has 3 N–H and O–H groups in total. The molecule has 0 aliphatic heterocycles. The van der Waals surface area contributed by atoms with Crippen LogP contribution in [0.2, 0.25) is 0 Å². The molecule has 0 saturated carbocycles. The first kappa shape index (κ1) is 15.6. The second-order valence-corrected chi connectivity index (χ2v) is 5.34. The predicted molar refractivity (Wildman–Crippen MR) is 88.8 cm³/mol. The number of ether oxygens (including phenoxy) is 1. The molecule has 1 heterocycles. The van der Waals surface area contributed by atoms with E-state index in [1.807, 2.05) is 18.2 Å². The van der Waals surface area contributed by atoms with Gasteiger partial charge in [-0.15, -0.1) is 0 Å². The number of nitrogens with one attached hydrogen (secondary N) is 1. The lowest BCUT2D eigenvalue weighted by Crippen LogP contribution is -2.36. The molecular weight excluding hydrogens is 262 g/mol. The van der Waals surface area contributed by atoms with Gasteiger partial charge in [0.05, 0.1) is 7.11 Å². The van der Waals surface area contributed by atoms with Crippen molar-refractivity contribution in [2.45, 2.75) is 32.7 Å². The summed E-state index contributed by atoms with van der Waals surface area (Å²) >= 11 is 0. The predicted octanol–water partition coefficient (Wildman–Crippen LogP) is 3.42. The van der Waals surface area contributed by atoms with Gasteiger partial charge in [0.1, 0.15) is 11.6 Å². The topological polar surface area (TPSA) is 60.2 Å². The van der Waals surface area contributed by atoms with Crippen LogP contribution in [0.3, 0.4) is 0 Å². The first-order chi connectivity index (χ1) is 10.2. The zero-order chi connectivity index (χ0) is 15.2. The SMILES string of the molecule is CCC(CC)C(N)CNc1nccc2c(OC)cccc12. The zero-order valence-corrected chi connectivity index (χ0v) is 13.1. The highest BCUT2D eigenvalue weighted by Gasteiger charge is 2.14. The number of fused-ring (bicyclic) bond motifs is 1. The number of nitrogens with zero attached hydrogens (tertiary/aromatic N) is 1. The molecule has 1 aromatic carbocycles. The molecule has 114 valence electrons. The van der Waals surface area contributed by atoms with Crippen molar-refractivity contribution in [3.8, 4) is 5.75 Å². The molecule has 4 nitrogen and oxygen atoms in total. The van der Waals surface area contributed by atoms with Crippen molar-refractivity contribution in [2.24, 2.45) is 11.7 Å². The van der Waals surface area contributed by atoms with Crippen LogP contribution < -0.4 is 15.8 Å². The highest BCUT2D eigenvalue weighted by molar-refractivity contribution is 5.95. The summed E-state index contributed by atoms with van der Waals surface area (Å²) in [5.41, 5.74) is 6.27. The molecule has 4 heteroatoms. The van der Waals surface area contributed by atoms with E-state index in [0.29, 0.717) is 5.92 Å². The van der Waals surface area contributed by atoms with Gasteiger partial charge in [-0.2, -0.15) is 0 Å². The summed E-state index contributed by atoms with van der Waals surface area (Å²) in [6.45, 7) is 5.11. The lowest BCUT2D eigenvalue weighted by molar-refractivity contribution is 0.407. The monoisotopic (exact) mass is 287 g/mol. The highest BCUT2D eigenvalue weighted by atomic mass is 16.5. The molecule has 0 aliphatic rings. The van der Waals surface area contributed by atoms with Gasteiger partial charge in [-0.05, 0) is 18.1 Å². The van der Waals surface area contributed by atoms with E-state index >= 15 is 0 Å². The second-order valence-electron chi connectivity index (χ2n) is 5.34. The molecular formula is C17H25N3O. The van der Waals surface area contributed by atoms with Crippen LogP contribution in [0.25, 0.3) is 10.8 Å². The summed E-state index contributed by atoms with van der Waals surface area (Å²) < 4.78 is 5.40. The van der Waals surface area contributed by atoms with E-state index in [2.05, 4.69) is 30.2 Å². The molecule has 0 fully saturated rings. The molecule has 1 atom stereocenters. The number of pyridine rings is 1. The zero-order valence-electron chi connectivity index (χ0n) is 13.1. The fourth-order valence-electron chi connectivity index (χ4n) is 2.77. The molecule has 0 saturated heterocycles. The van der Waals surface area contributed by atoms with Crippen molar-refractivity contribution in [3.63, 3.8) is 0 Å². The van der Waals surface area contributed by atoms with E-state index in [9.17, 15) is 0 Å². The maximum absolute atomic E-state index is 6.27. The van der Waals surface area contributed by atoms with Gasteiger partial charge in [-0.25, -0.2) is 4.98 Å². The van der Waals surface area contributed by atoms with Crippen molar-refractivity contribution in [1.82, 2.24) is 4.98 Å². The Kier molecular flexibility index (Phi) is 5.39. The van der Waals surface area contributed by atoms with Crippen molar-refractivity contribution >= 4 is 16.6 Å². The minimum absolute atomic E-state index is 0.141. The third kappa shape index (κ3) is 3.45. The molecule has 0 amide bonds. The van der Waals surface area contributed by atoms with Crippen LogP contribution in [0.4, 0.5) is 5.82 Å². The smallest absolute Gasteiger partial charge is 0.134 e. The van der Waals surface area contributed by atoms with E-state index in [1.54, 1.807) is 13.3 Å². The second kappa shape index (κ2) is 7.27. The Hall–Kier alpha value is -1.81. The molecule has 0 bridgehead atoms. The highest BCUT2D eigenvalue weighted by Crippen LogP contribution is 2.29. The van der Waals surface area contributed by atoms with E-state index in [0.717, 1.165) is 41.7 Å². The van der Waals surface area contributed by atoms with Gasteiger partial charge in [-0.3, -0.25) is 0 Å². The lowest BCUT2D eigenvalue weighted by atomic mass is 9.95. The Labute approximate surface area is 126 Å². The largest absolute Gasteiger partial charge is 0.496 e.